The molecule has 0 bridgehead atoms. The number of benzene rings is 1. The van der Waals surface area contributed by atoms with Crippen LogP contribution < -0.4 is 11.1 Å². The second-order valence-corrected chi connectivity index (χ2v) is 9.24. The smallest absolute Gasteiger partial charge is 0.223 e. The van der Waals surface area contributed by atoms with Gasteiger partial charge in [-0.3, -0.25) is 4.79 Å². The van der Waals surface area contributed by atoms with E-state index >= 15 is 0 Å². The van der Waals surface area contributed by atoms with Crippen molar-refractivity contribution in [3.63, 3.8) is 0 Å². The lowest BCUT2D eigenvalue weighted by molar-refractivity contribution is -0.126. The molecule has 9 heteroatoms. The molecule has 0 atom stereocenters. The predicted octanol–water partition coefficient (Wildman–Crippen LogP) is 4.03. The summed E-state index contributed by atoms with van der Waals surface area (Å²) in [5.41, 5.74) is 10.1. The number of imidazole rings is 1. The number of halogens is 1. The van der Waals surface area contributed by atoms with Gasteiger partial charge in [0.2, 0.25) is 5.91 Å². The molecule has 3 aromatic heterocycles. The fraction of sp³-hybridized carbons (Fsp3) is 0.391. The van der Waals surface area contributed by atoms with Crippen LogP contribution in [0.1, 0.15) is 43.9 Å². The maximum absolute atomic E-state index is 12.6. The molecule has 4 N–H and O–H groups in total. The molecule has 1 saturated carbocycles. The number of carbonyl (C=O) groups is 1. The molecular weight excluding hydrogens is 426 g/mol. The summed E-state index contributed by atoms with van der Waals surface area (Å²) in [6, 6.07) is 5.90. The van der Waals surface area contributed by atoms with Gasteiger partial charge in [-0.15, -0.1) is 0 Å². The average Bonchev–Trinajstić information content (AvgIpc) is 3.37. The normalized spacial score (nSPS) is 18.9. The zero-order valence-corrected chi connectivity index (χ0v) is 18.7. The Kier molecular flexibility index (Phi) is 5.46. The summed E-state index contributed by atoms with van der Waals surface area (Å²) < 4.78 is 1.92. The van der Waals surface area contributed by atoms with E-state index in [1.165, 1.54) is 6.33 Å². The Morgan fingerprint density at radius 2 is 2.03 bits per heavy atom. The van der Waals surface area contributed by atoms with Crippen LogP contribution >= 0.6 is 11.6 Å². The van der Waals surface area contributed by atoms with Crippen LogP contribution in [0, 0.1) is 11.8 Å². The van der Waals surface area contributed by atoms with E-state index in [1.807, 2.05) is 22.8 Å². The highest BCUT2D eigenvalue weighted by atomic mass is 35.5. The monoisotopic (exact) mass is 451 g/mol. The Morgan fingerprint density at radius 3 is 2.84 bits per heavy atom. The van der Waals surface area contributed by atoms with Crippen molar-refractivity contribution in [2.75, 3.05) is 5.73 Å². The summed E-state index contributed by atoms with van der Waals surface area (Å²) in [5.74, 6) is 1.36. The maximum atomic E-state index is 12.6. The Hall–Kier alpha value is -3.13. The van der Waals surface area contributed by atoms with Crippen molar-refractivity contribution in [2.45, 2.75) is 45.7 Å². The number of nitrogens with two attached hydrogens (primary N) is 1. The number of anilines is 1. The topological polar surface area (TPSA) is 115 Å². The number of nitrogens with one attached hydrogen (secondary N) is 2. The fourth-order valence-corrected chi connectivity index (χ4v) is 4.85. The van der Waals surface area contributed by atoms with Crippen LogP contribution in [-0.4, -0.2) is 30.4 Å². The number of hydrogen-bond acceptors (Lipinski definition) is 5. The number of H-pyrrole nitrogens is 1. The molecule has 8 nitrogen and oxygen atoms in total. The Balaban J connectivity index is 1.36. The minimum Gasteiger partial charge on any atom is -0.382 e. The lowest BCUT2D eigenvalue weighted by Gasteiger charge is -2.25. The van der Waals surface area contributed by atoms with Gasteiger partial charge < -0.3 is 20.6 Å². The first-order valence-electron chi connectivity index (χ1n) is 11.0. The first kappa shape index (κ1) is 20.8. The number of aromatic nitrogens is 5. The molecule has 5 rings (SSSR count). The molecular formula is C23H26ClN7O. The molecule has 1 fully saturated rings. The molecule has 1 aliphatic rings. The van der Waals surface area contributed by atoms with E-state index in [0.29, 0.717) is 35.1 Å². The molecule has 4 aromatic rings. The van der Waals surface area contributed by atoms with Crippen molar-refractivity contribution in [3.05, 3.63) is 47.1 Å². The Labute approximate surface area is 190 Å². The minimum absolute atomic E-state index is 0.129. The molecule has 1 aliphatic carbocycles. The third kappa shape index (κ3) is 4.02. The van der Waals surface area contributed by atoms with E-state index in [1.54, 1.807) is 6.33 Å². The van der Waals surface area contributed by atoms with Gasteiger partial charge >= 0.3 is 0 Å². The predicted molar refractivity (Wildman–Crippen MR) is 125 cm³/mol. The summed E-state index contributed by atoms with van der Waals surface area (Å²) in [6.45, 7) is 3.25. The van der Waals surface area contributed by atoms with Gasteiger partial charge in [0, 0.05) is 22.0 Å². The maximum Gasteiger partial charge on any atom is 0.223 e. The van der Waals surface area contributed by atoms with Crippen molar-refractivity contribution in [3.8, 4) is 0 Å². The number of aromatic amines is 1. The van der Waals surface area contributed by atoms with Crippen molar-refractivity contribution in [1.29, 1.82) is 0 Å². The molecule has 0 saturated heterocycles. The highest BCUT2D eigenvalue weighted by molar-refractivity contribution is 6.31. The van der Waals surface area contributed by atoms with Gasteiger partial charge in [0.15, 0.2) is 11.5 Å². The van der Waals surface area contributed by atoms with Crippen LogP contribution in [0.2, 0.25) is 5.02 Å². The Morgan fingerprint density at radius 1 is 1.22 bits per heavy atom. The molecule has 1 amide bonds. The van der Waals surface area contributed by atoms with Crippen LogP contribution in [0.25, 0.3) is 22.1 Å². The zero-order chi connectivity index (χ0) is 22.2. The summed E-state index contributed by atoms with van der Waals surface area (Å²) in [5, 5.41) is 4.76. The molecule has 166 valence electrons. The first-order chi connectivity index (χ1) is 15.5. The van der Waals surface area contributed by atoms with Crippen LogP contribution in [0.5, 0.6) is 0 Å². The second-order valence-electron chi connectivity index (χ2n) is 8.80. The second kappa shape index (κ2) is 8.43. The van der Waals surface area contributed by atoms with Crippen LogP contribution in [0.3, 0.4) is 0 Å². The number of fused-ring (bicyclic) bond motifs is 2. The number of hydrogen-bond donors (Lipinski definition) is 3. The molecule has 0 radical (unpaired) electrons. The summed E-state index contributed by atoms with van der Waals surface area (Å²) in [4.78, 5) is 28.7. The zero-order valence-electron chi connectivity index (χ0n) is 17.9. The van der Waals surface area contributed by atoms with E-state index in [-0.39, 0.29) is 11.8 Å². The van der Waals surface area contributed by atoms with E-state index < -0.39 is 0 Å². The Bertz CT molecular complexity index is 1290. The number of carbonyl (C=O) groups excluding carboxylic acids is 1. The summed E-state index contributed by atoms with van der Waals surface area (Å²) >= 11 is 6.40. The van der Waals surface area contributed by atoms with E-state index in [2.05, 4.69) is 32.2 Å². The van der Waals surface area contributed by atoms with E-state index in [0.717, 1.165) is 53.8 Å². The largest absolute Gasteiger partial charge is 0.382 e. The fourth-order valence-electron chi connectivity index (χ4n) is 4.60. The number of nitrogen functional groups attached to an aromatic ring is 1. The van der Waals surface area contributed by atoms with Gasteiger partial charge in [0.1, 0.15) is 11.8 Å². The third-order valence-electron chi connectivity index (χ3n) is 6.44. The molecule has 0 aliphatic heterocycles. The van der Waals surface area contributed by atoms with Gasteiger partial charge in [0.05, 0.1) is 24.9 Å². The third-order valence-corrected chi connectivity index (χ3v) is 6.66. The van der Waals surface area contributed by atoms with E-state index in [4.69, 9.17) is 17.3 Å². The van der Waals surface area contributed by atoms with Gasteiger partial charge in [-0.2, -0.15) is 0 Å². The average molecular weight is 452 g/mol. The highest BCUT2D eigenvalue weighted by Crippen LogP contribution is 2.29. The SMILES string of the molecule is CC1CCC(C(=O)NCc2cc3cc(Cl)cc(Cn4cnc5c(N)ncnc54)c3[nH]2)CC1. The molecule has 32 heavy (non-hydrogen) atoms. The quantitative estimate of drug-likeness (QED) is 0.423. The van der Waals surface area contributed by atoms with Crippen molar-refractivity contribution in [1.82, 2.24) is 29.8 Å². The van der Waals surface area contributed by atoms with Crippen LogP contribution in [-0.2, 0) is 17.9 Å². The van der Waals surface area contributed by atoms with Crippen molar-refractivity contribution < 1.29 is 4.79 Å². The number of rotatable bonds is 5. The summed E-state index contributed by atoms with van der Waals surface area (Å²) in [6.07, 6.45) is 7.36. The minimum atomic E-state index is 0.129. The highest BCUT2D eigenvalue weighted by Gasteiger charge is 2.24. The molecule has 0 spiro atoms. The van der Waals surface area contributed by atoms with Gasteiger partial charge in [-0.25, -0.2) is 15.0 Å². The van der Waals surface area contributed by atoms with Gasteiger partial charge in [-0.1, -0.05) is 18.5 Å². The van der Waals surface area contributed by atoms with Gasteiger partial charge in [0.25, 0.3) is 0 Å². The van der Waals surface area contributed by atoms with Crippen LogP contribution in [0.15, 0.2) is 30.9 Å². The van der Waals surface area contributed by atoms with Crippen LogP contribution in [0.4, 0.5) is 5.82 Å². The lowest BCUT2D eigenvalue weighted by Crippen LogP contribution is -2.32. The van der Waals surface area contributed by atoms with Crippen molar-refractivity contribution >= 4 is 45.4 Å². The number of amides is 1. The standard InChI is InChI=1S/C23H26ClN7O/c1-13-2-4-14(5-3-13)23(32)26-9-18-8-15-6-17(24)7-16(19(15)30-18)10-31-12-29-20-21(25)27-11-28-22(20)31/h6-8,11-14,30H,2-5,9-10H2,1H3,(H,26,32)(H2,25,27,28). The lowest BCUT2D eigenvalue weighted by atomic mass is 9.82. The van der Waals surface area contributed by atoms with E-state index in [9.17, 15) is 4.79 Å². The molecule has 3 heterocycles. The number of nitrogens with zero attached hydrogens (tertiary/aromatic N) is 4. The molecule has 1 aromatic carbocycles. The molecule has 0 unspecified atom stereocenters. The van der Waals surface area contributed by atoms with Crippen molar-refractivity contribution in [2.24, 2.45) is 11.8 Å². The summed E-state index contributed by atoms with van der Waals surface area (Å²) in [7, 11) is 0. The van der Waals surface area contributed by atoms with Gasteiger partial charge in [-0.05, 0) is 55.4 Å². The first-order valence-corrected chi connectivity index (χ1v) is 11.3.